The Hall–Kier alpha value is -3.33. The third kappa shape index (κ3) is 3.52. The Bertz CT molecular complexity index is 1300. The van der Waals surface area contributed by atoms with Gasteiger partial charge >= 0.3 is 0 Å². The molecule has 6 heterocycles. The molecule has 182 valence electrons. The fourth-order valence-corrected chi connectivity index (χ4v) is 5.71. The molecule has 2 N–H and O–H groups in total. The molecule has 3 aliphatic heterocycles. The standard InChI is InChI=1S/C26H32N8O/c1-4-19(27)24-18-14-33(26(35)17(18)13-23(29-24)32-12-6-7-15(32)2)21-9-5-8-20(28-21)25-31-30-22-11-10-16(3)34(22)25/h5,8-9,13,15-16,19H,4,6-7,10-12,14,27H2,1-3H3/t15?,16-,19?/m0/s1. The number of pyridine rings is 2. The predicted octanol–water partition coefficient (Wildman–Crippen LogP) is 3.80. The van der Waals surface area contributed by atoms with E-state index in [4.69, 9.17) is 15.7 Å². The lowest BCUT2D eigenvalue weighted by molar-refractivity contribution is 0.0996. The first-order chi connectivity index (χ1) is 17.0. The molecule has 9 heteroatoms. The fraction of sp³-hybridized carbons (Fsp3) is 0.500. The van der Waals surface area contributed by atoms with Crippen LogP contribution in [0.5, 0.6) is 0 Å². The van der Waals surface area contributed by atoms with Gasteiger partial charge in [-0.3, -0.25) is 9.69 Å². The third-order valence-corrected chi connectivity index (χ3v) is 7.81. The zero-order valence-corrected chi connectivity index (χ0v) is 20.6. The molecule has 0 bridgehead atoms. The van der Waals surface area contributed by atoms with Crippen LogP contribution < -0.4 is 15.5 Å². The van der Waals surface area contributed by atoms with E-state index in [-0.39, 0.29) is 11.9 Å². The van der Waals surface area contributed by atoms with Crippen LogP contribution in [0.3, 0.4) is 0 Å². The minimum atomic E-state index is -0.214. The number of nitrogens with two attached hydrogens (primary N) is 1. The van der Waals surface area contributed by atoms with E-state index >= 15 is 0 Å². The second-order valence-corrected chi connectivity index (χ2v) is 10.1. The Kier molecular flexibility index (Phi) is 5.32. The van der Waals surface area contributed by atoms with Gasteiger partial charge in [0.25, 0.3) is 5.91 Å². The van der Waals surface area contributed by atoms with Crippen molar-refractivity contribution in [1.29, 1.82) is 0 Å². The molecule has 1 fully saturated rings. The highest BCUT2D eigenvalue weighted by Crippen LogP contribution is 2.36. The molecule has 1 amide bonds. The number of rotatable bonds is 5. The number of hydrogen-bond acceptors (Lipinski definition) is 7. The van der Waals surface area contributed by atoms with E-state index in [2.05, 4.69) is 40.4 Å². The monoisotopic (exact) mass is 472 g/mol. The lowest BCUT2D eigenvalue weighted by Gasteiger charge is -2.25. The van der Waals surface area contributed by atoms with Crippen molar-refractivity contribution >= 4 is 17.5 Å². The summed E-state index contributed by atoms with van der Waals surface area (Å²) in [6.07, 6.45) is 5.02. The topological polar surface area (TPSA) is 106 Å². The summed E-state index contributed by atoms with van der Waals surface area (Å²) in [5, 5.41) is 8.77. The molecule has 3 aromatic heterocycles. The largest absolute Gasteiger partial charge is 0.354 e. The highest BCUT2D eigenvalue weighted by Gasteiger charge is 2.36. The number of carbonyl (C=O) groups is 1. The molecule has 0 aromatic carbocycles. The number of nitrogens with zero attached hydrogens (tertiary/aromatic N) is 7. The SMILES string of the molecule is CCC(N)c1nc(N2CCCC2C)cc2c1CN(c1cccc(-c3nnc4n3[C@@H](C)CC4)n1)C2=O. The van der Waals surface area contributed by atoms with E-state index < -0.39 is 0 Å². The molecule has 3 atom stereocenters. The molecule has 3 aliphatic rings. The smallest absolute Gasteiger partial charge is 0.260 e. The summed E-state index contributed by atoms with van der Waals surface area (Å²) < 4.78 is 2.17. The van der Waals surface area contributed by atoms with Crippen molar-refractivity contribution in [3.8, 4) is 11.5 Å². The Morgan fingerprint density at radius 2 is 1.97 bits per heavy atom. The van der Waals surface area contributed by atoms with Crippen LogP contribution in [0.1, 0.15) is 86.0 Å². The first-order valence-corrected chi connectivity index (χ1v) is 12.7. The average Bonchev–Trinajstić information content (AvgIpc) is 3.64. The number of aromatic nitrogens is 5. The highest BCUT2D eigenvalue weighted by molar-refractivity contribution is 6.10. The Morgan fingerprint density at radius 3 is 2.74 bits per heavy atom. The molecule has 2 unspecified atom stereocenters. The first-order valence-electron chi connectivity index (χ1n) is 12.7. The van der Waals surface area contributed by atoms with Crippen molar-refractivity contribution in [3.63, 3.8) is 0 Å². The fourth-order valence-electron chi connectivity index (χ4n) is 5.71. The van der Waals surface area contributed by atoms with Gasteiger partial charge in [-0.15, -0.1) is 10.2 Å². The van der Waals surface area contributed by atoms with Gasteiger partial charge in [-0.05, 0) is 57.7 Å². The van der Waals surface area contributed by atoms with Crippen molar-refractivity contribution in [2.45, 2.75) is 77.5 Å². The summed E-state index contributed by atoms with van der Waals surface area (Å²) in [4.78, 5) is 27.6. The van der Waals surface area contributed by atoms with E-state index in [9.17, 15) is 4.79 Å². The Morgan fingerprint density at radius 1 is 1.11 bits per heavy atom. The van der Waals surface area contributed by atoms with Crippen LogP contribution in [0.15, 0.2) is 24.3 Å². The van der Waals surface area contributed by atoms with E-state index in [1.807, 2.05) is 24.3 Å². The Balaban J connectivity index is 1.38. The summed E-state index contributed by atoms with van der Waals surface area (Å²) >= 11 is 0. The predicted molar refractivity (Wildman–Crippen MR) is 134 cm³/mol. The van der Waals surface area contributed by atoms with Crippen molar-refractivity contribution in [1.82, 2.24) is 24.7 Å². The molecule has 0 aliphatic carbocycles. The summed E-state index contributed by atoms with van der Waals surface area (Å²) in [7, 11) is 0. The lowest BCUT2D eigenvalue weighted by atomic mass is 10.0. The lowest BCUT2D eigenvalue weighted by Crippen LogP contribution is -2.28. The van der Waals surface area contributed by atoms with Gasteiger partial charge in [-0.2, -0.15) is 0 Å². The van der Waals surface area contributed by atoms with Crippen LogP contribution in [-0.4, -0.2) is 43.2 Å². The molecule has 0 saturated carbocycles. The maximum absolute atomic E-state index is 13.7. The second kappa shape index (κ2) is 8.41. The van der Waals surface area contributed by atoms with Crippen molar-refractivity contribution < 1.29 is 4.79 Å². The minimum Gasteiger partial charge on any atom is -0.354 e. The molecular weight excluding hydrogens is 440 g/mol. The molecule has 1 saturated heterocycles. The number of carbonyl (C=O) groups excluding carboxylic acids is 1. The van der Waals surface area contributed by atoms with Crippen LogP contribution in [0.2, 0.25) is 0 Å². The van der Waals surface area contributed by atoms with Gasteiger partial charge in [0.05, 0.1) is 17.8 Å². The zero-order chi connectivity index (χ0) is 24.3. The van der Waals surface area contributed by atoms with Gasteiger partial charge in [0.2, 0.25) is 0 Å². The van der Waals surface area contributed by atoms with Crippen LogP contribution in [-0.2, 0) is 13.0 Å². The van der Waals surface area contributed by atoms with Crippen LogP contribution >= 0.6 is 0 Å². The molecular formula is C26H32N8O. The normalized spacial score (nSPS) is 22.1. The minimum absolute atomic E-state index is 0.0513. The maximum Gasteiger partial charge on any atom is 0.260 e. The van der Waals surface area contributed by atoms with Gasteiger partial charge in [0.15, 0.2) is 5.82 Å². The summed E-state index contributed by atoms with van der Waals surface area (Å²) in [6.45, 7) is 7.83. The van der Waals surface area contributed by atoms with Crippen LogP contribution in [0, 0.1) is 0 Å². The van der Waals surface area contributed by atoms with E-state index in [1.165, 1.54) is 0 Å². The maximum atomic E-state index is 13.7. The number of amides is 1. The zero-order valence-electron chi connectivity index (χ0n) is 20.6. The molecule has 0 radical (unpaired) electrons. The summed E-state index contributed by atoms with van der Waals surface area (Å²) in [6, 6.07) is 8.25. The van der Waals surface area contributed by atoms with Gasteiger partial charge in [-0.25, -0.2) is 9.97 Å². The third-order valence-electron chi connectivity index (χ3n) is 7.81. The Labute approximate surface area is 205 Å². The number of anilines is 2. The van der Waals surface area contributed by atoms with E-state index in [1.54, 1.807) is 4.90 Å². The number of hydrogen-bond donors (Lipinski definition) is 1. The van der Waals surface area contributed by atoms with Gasteiger partial charge in [-0.1, -0.05) is 13.0 Å². The molecule has 3 aromatic rings. The van der Waals surface area contributed by atoms with Crippen molar-refractivity contribution in [3.05, 3.63) is 46.9 Å². The number of fused-ring (bicyclic) bond motifs is 2. The van der Waals surface area contributed by atoms with Crippen molar-refractivity contribution in [2.24, 2.45) is 5.73 Å². The summed E-state index contributed by atoms with van der Waals surface area (Å²) in [5.41, 5.74) is 9.68. The molecule has 0 spiro atoms. The van der Waals surface area contributed by atoms with Gasteiger partial charge in [0, 0.05) is 36.7 Å². The average molecular weight is 473 g/mol. The van der Waals surface area contributed by atoms with Gasteiger partial charge in [0.1, 0.15) is 23.2 Å². The second-order valence-electron chi connectivity index (χ2n) is 10.1. The van der Waals surface area contributed by atoms with Crippen molar-refractivity contribution in [2.75, 3.05) is 16.3 Å². The van der Waals surface area contributed by atoms with Crippen LogP contribution in [0.4, 0.5) is 11.6 Å². The molecule has 35 heavy (non-hydrogen) atoms. The molecule has 9 nitrogen and oxygen atoms in total. The quantitative estimate of drug-likeness (QED) is 0.602. The van der Waals surface area contributed by atoms with Gasteiger partial charge < -0.3 is 15.2 Å². The van der Waals surface area contributed by atoms with E-state index in [0.29, 0.717) is 30.0 Å². The van der Waals surface area contributed by atoms with Crippen LogP contribution in [0.25, 0.3) is 11.5 Å². The highest BCUT2D eigenvalue weighted by atomic mass is 16.2. The number of aryl methyl sites for hydroxylation is 1. The first kappa shape index (κ1) is 22.2. The van der Waals surface area contributed by atoms with E-state index in [0.717, 1.165) is 73.1 Å². The summed E-state index contributed by atoms with van der Waals surface area (Å²) in [5.74, 6) is 3.18. The molecule has 6 rings (SSSR count).